The lowest BCUT2D eigenvalue weighted by molar-refractivity contribution is 0.0908. The number of hydrogen-bond acceptors (Lipinski definition) is 3. The van der Waals surface area contributed by atoms with Gasteiger partial charge >= 0.3 is 0 Å². The molecule has 1 saturated heterocycles. The predicted octanol–water partition coefficient (Wildman–Crippen LogP) is 3.25. The Balaban J connectivity index is 1.68. The molecule has 1 aliphatic heterocycles. The highest BCUT2D eigenvalue weighted by Crippen LogP contribution is 2.23. The number of aromatic nitrogens is 1. The minimum absolute atomic E-state index is 0.0462. The highest BCUT2D eigenvalue weighted by molar-refractivity contribution is 6.35. The van der Waals surface area contributed by atoms with Crippen LogP contribution in [0.1, 0.15) is 46.2 Å². The molecule has 2 N–H and O–H groups in total. The van der Waals surface area contributed by atoms with E-state index in [9.17, 15) is 14.0 Å². The number of likely N-dealkylation sites (tertiary alicyclic amines) is 1. The Bertz CT molecular complexity index is 793. The second-order valence-electron chi connectivity index (χ2n) is 6.41. The zero-order valence-electron chi connectivity index (χ0n) is 14.5. The standard InChI is InChI=1S/C19H21ClFN3O2/c1-2-24-8-6-13(7-9-24)23-19(26)16-10-12(11-22-16)18(25)17-14(20)4-3-5-15(17)21/h3-5,10-11,13,22H,2,6-9H2,1H3,(H,23,26). The van der Waals surface area contributed by atoms with Gasteiger partial charge in [0.2, 0.25) is 0 Å². The molecule has 1 aromatic carbocycles. The van der Waals surface area contributed by atoms with Crippen molar-refractivity contribution in [1.82, 2.24) is 15.2 Å². The van der Waals surface area contributed by atoms with Crippen LogP contribution in [0.5, 0.6) is 0 Å². The fourth-order valence-corrected chi connectivity index (χ4v) is 3.42. The summed E-state index contributed by atoms with van der Waals surface area (Å²) < 4.78 is 13.9. The molecule has 1 aromatic heterocycles. The second kappa shape index (κ2) is 8.01. The van der Waals surface area contributed by atoms with Crippen LogP contribution >= 0.6 is 11.6 Å². The summed E-state index contributed by atoms with van der Waals surface area (Å²) in [6.07, 6.45) is 3.20. The highest BCUT2D eigenvalue weighted by atomic mass is 35.5. The van der Waals surface area contributed by atoms with Crippen molar-refractivity contribution < 1.29 is 14.0 Å². The first-order chi connectivity index (χ1) is 12.5. The number of rotatable bonds is 5. The van der Waals surface area contributed by atoms with Crippen LogP contribution in [0, 0.1) is 5.82 Å². The van der Waals surface area contributed by atoms with Crippen LogP contribution in [0.15, 0.2) is 30.5 Å². The molecule has 0 radical (unpaired) electrons. The fourth-order valence-electron chi connectivity index (χ4n) is 3.17. The first-order valence-electron chi connectivity index (χ1n) is 8.70. The molecule has 3 rings (SSSR count). The van der Waals surface area contributed by atoms with Crippen molar-refractivity contribution in [2.24, 2.45) is 0 Å². The number of ketones is 1. The third-order valence-electron chi connectivity index (χ3n) is 4.75. The largest absolute Gasteiger partial charge is 0.356 e. The summed E-state index contributed by atoms with van der Waals surface area (Å²) >= 11 is 5.94. The van der Waals surface area contributed by atoms with Crippen molar-refractivity contribution in [2.75, 3.05) is 19.6 Å². The fraction of sp³-hybridized carbons (Fsp3) is 0.368. The number of benzene rings is 1. The molecule has 1 fully saturated rings. The lowest BCUT2D eigenvalue weighted by atomic mass is 10.0. The van der Waals surface area contributed by atoms with Gasteiger partial charge in [-0.25, -0.2) is 4.39 Å². The van der Waals surface area contributed by atoms with E-state index in [4.69, 9.17) is 11.6 Å². The molecule has 1 aliphatic rings. The molecule has 0 saturated carbocycles. The van der Waals surface area contributed by atoms with Crippen molar-refractivity contribution in [1.29, 1.82) is 0 Å². The number of hydrogen-bond donors (Lipinski definition) is 2. The van der Waals surface area contributed by atoms with Gasteiger partial charge in [-0.15, -0.1) is 0 Å². The average molecular weight is 378 g/mol. The summed E-state index contributed by atoms with van der Waals surface area (Å²) in [6, 6.07) is 5.63. The summed E-state index contributed by atoms with van der Waals surface area (Å²) in [5, 5.41) is 3.03. The van der Waals surface area contributed by atoms with Gasteiger partial charge in [-0.3, -0.25) is 9.59 Å². The van der Waals surface area contributed by atoms with Gasteiger partial charge in [0.05, 0.1) is 10.6 Å². The van der Waals surface area contributed by atoms with E-state index in [1.54, 1.807) is 0 Å². The number of piperidine rings is 1. The lowest BCUT2D eigenvalue weighted by Crippen LogP contribution is -2.44. The zero-order valence-corrected chi connectivity index (χ0v) is 15.3. The Kier molecular flexibility index (Phi) is 5.74. The first kappa shape index (κ1) is 18.6. The van der Waals surface area contributed by atoms with Gasteiger partial charge in [0.15, 0.2) is 5.78 Å². The normalized spacial score (nSPS) is 15.8. The Morgan fingerprint density at radius 3 is 2.73 bits per heavy atom. The molecule has 0 unspecified atom stereocenters. The van der Waals surface area contributed by atoms with Gasteiger partial charge in [0, 0.05) is 30.9 Å². The maximum atomic E-state index is 13.9. The SMILES string of the molecule is CCN1CCC(NC(=O)c2cc(C(=O)c3c(F)cccc3Cl)c[nH]2)CC1. The summed E-state index contributed by atoms with van der Waals surface area (Å²) in [5.74, 6) is -1.50. The van der Waals surface area contributed by atoms with Gasteiger partial charge in [0.25, 0.3) is 5.91 Å². The van der Waals surface area contributed by atoms with E-state index in [0.717, 1.165) is 32.5 Å². The Labute approximate surface area is 156 Å². The molecule has 5 nitrogen and oxygen atoms in total. The molecule has 0 spiro atoms. The van der Waals surface area contributed by atoms with E-state index in [1.165, 1.54) is 30.5 Å². The number of carbonyl (C=O) groups is 2. The molecule has 0 aliphatic carbocycles. The van der Waals surface area contributed by atoms with E-state index in [1.807, 2.05) is 0 Å². The summed E-state index contributed by atoms with van der Waals surface area (Å²) in [4.78, 5) is 30.0. The summed E-state index contributed by atoms with van der Waals surface area (Å²) in [7, 11) is 0. The quantitative estimate of drug-likeness (QED) is 0.786. The van der Waals surface area contributed by atoms with Crippen LogP contribution in [-0.2, 0) is 0 Å². The minimum Gasteiger partial charge on any atom is -0.356 e. The van der Waals surface area contributed by atoms with Crippen LogP contribution in [0.4, 0.5) is 4.39 Å². The van der Waals surface area contributed by atoms with Gasteiger partial charge in [-0.05, 0) is 37.6 Å². The maximum Gasteiger partial charge on any atom is 0.267 e. The predicted molar refractivity (Wildman–Crippen MR) is 98.2 cm³/mol. The van der Waals surface area contributed by atoms with E-state index in [-0.39, 0.29) is 33.8 Å². The molecule has 7 heteroatoms. The monoisotopic (exact) mass is 377 g/mol. The number of halogens is 2. The van der Waals surface area contributed by atoms with E-state index >= 15 is 0 Å². The molecule has 0 bridgehead atoms. The van der Waals surface area contributed by atoms with E-state index < -0.39 is 11.6 Å². The topological polar surface area (TPSA) is 65.2 Å². The van der Waals surface area contributed by atoms with Crippen molar-refractivity contribution in [3.63, 3.8) is 0 Å². The maximum absolute atomic E-state index is 13.9. The Morgan fingerprint density at radius 1 is 1.35 bits per heavy atom. The molecule has 26 heavy (non-hydrogen) atoms. The van der Waals surface area contributed by atoms with Crippen molar-refractivity contribution in [3.05, 3.63) is 58.1 Å². The van der Waals surface area contributed by atoms with Gasteiger partial charge in [0.1, 0.15) is 11.5 Å². The number of carbonyl (C=O) groups excluding carboxylic acids is 2. The van der Waals surface area contributed by atoms with E-state index in [0.29, 0.717) is 0 Å². The van der Waals surface area contributed by atoms with Crippen molar-refractivity contribution in [2.45, 2.75) is 25.8 Å². The van der Waals surface area contributed by atoms with E-state index in [2.05, 4.69) is 22.1 Å². The number of nitrogens with one attached hydrogen (secondary N) is 2. The average Bonchev–Trinajstić information content (AvgIpc) is 3.12. The molecule has 2 aromatic rings. The van der Waals surface area contributed by atoms with Crippen molar-refractivity contribution in [3.8, 4) is 0 Å². The van der Waals surface area contributed by atoms with Crippen LogP contribution in [-0.4, -0.2) is 47.3 Å². The highest BCUT2D eigenvalue weighted by Gasteiger charge is 2.23. The minimum atomic E-state index is -0.683. The number of nitrogens with zero attached hydrogens (tertiary/aromatic N) is 1. The number of H-pyrrole nitrogens is 1. The third kappa shape index (κ3) is 3.97. The van der Waals surface area contributed by atoms with Gasteiger partial charge < -0.3 is 15.2 Å². The smallest absolute Gasteiger partial charge is 0.267 e. The molecule has 1 amide bonds. The number of aromatic amines is 1. The molecule has 138 valence electrons. The van der Waals surface area contributed by atoms with Gasteiger partial charge in [-0.1, -0.05) is 24.6 Å². The Hall–Kier alpha value is -2.18. The summed E-state index contributed by atoms with van der Waals surface area (Å²) in [6.45, 7) is 5.06. The molecule has 2 heterocycles. The molecule has 0 atom stereocenters. The zero-order chi connectivity index (χ0) is 18.7. The number of amides is 1. The van der Waals surface area contributed by atoms with Gasteiger partial charge in [-0.2, -0.15) is 0 Å². The Morgan fingerprint density at radius 2 is 2.08 bits per heavy atom. The summed E-state index contributed by atoms with van der Waals surface area (Å²) in [5.41, 5.74) is 0.286. The van der Waals surface area contributed by atoms with Crippen LogP contribution in [0.2, 0.25) is 5.02 Å². The second-order valence-corrected chi connectivity index (χ2v) is 6.82. The van der Waals surface area contributed by atoms with Crippen molar-refractivity contribution >= 4 is 23.3 Å². The van der Waals surface area contributed by atoms with Crippen LogP contribution in [0.25, 0.3) is 0 Å². The van der Waals surface area contributed by atoms with Crippen LogP contribution in [0.3, 0.4) is 0 Å². The van der Waals surface area contributed by atoms with Crippen LogP contribution < -0.4 is 5.32 Å². The lowest BCUT2D eigenvalue weighted by Gasteiger charge is -2.31. The molecular weight excluding hydrogens is 357 g/mol. The first-order valence-corrected chi connectivity index (χ1v) is 9.07. The third-order valence-corrected chi connectivity index (χ3v) is 5.06. The molecular formula is C19H21ClFN3O2.